The van der Waals surface area contributed by atoms with Crippen LogP contribution in [-0.4, -0.2) is 63.9 Å². The maximum atomic E-state index is 9.18. The lowest BCUT2D eigenvalue weighted by molar-refractivity contribution is 0.204. The van der Waals surface area contributed by atoms with Crippen molar-refractivity contribution in [2.24, 2.45) is 0 Å². The number of anilines is 1. The van der Waals surface area contributed by atoms with Crippen LogP contribution in [0.5, 0.6) is 0 Å². The van der Waals surface area contributed by atoms with Gasteiger partial charge in [-0.05, 0) is 32.0 Å². The average molecular weight is 325 g/mol. The lowest BCUT2D eigenvalue weighted by atomic mass is 10.2. The summed E-state index contributed by atoms with van der Waals surface area (Å²) >= 11 is 0. The van der Waals surface area contributed by atoms with Crippen molar-refractivity contribution in [3.05, 3.63) is 36.0 Å². The standard InChI is InChI=1S/C18H23N5O/c1-14-13-17-19-18(15-5-2-3-6-16(15)23(17)20-14)22-8-4-7-21(9-10-22)11-12-24/h2-3,5-6,13,24H,4,7-12H2,1H3. The van der Waals surface area contributed by atoms with Crippen LogP contribution in [0, 0.1) is 6.92 Å². The first kappa shape index (κ1) is 15.4. The molecule has 1 saturated heterocycles. The molecule has 0 aliphatic carbocycles. The first-order valence-corrected chi connectivity index (χ1v) is 8.59. The molecule has 0 spiro atoms. The van der Waals surface area contributed by atoms with E-state index in [0.29, 0.717) is 0 Å². The summed E-state index contributed by atoms with van der Waals surface area (Å²) in [4.78, 5) is 9.62. The van der Waals surface area contributed by atoms with Crippen molar-refractivity contribution in [1.82, 2.24) is 19.5 Å². The number of nitrogens with zero attached hydrogens (tertiary/aromatic N) is 5. The highest BCUT2D eigenvalue weighted by Crippen LogP contribution is 2.27. The van der Waals surface area contributed by atoms with Crippen molar-refractivity contribution in [2.75, 3.05) is 44.2 Å². The van der Waals surface area contributed by atoms with Crippen LogP contribution in [-0.2, 0) is 0 Å². The summed E-state index contributed by atoms with van der Waals surface area (Å²) in [7, 11) is 0. The Balaban J connectivity index is 1.77. The quantitative estimate of drug-likeness (QED) is 0.794. The van der Waals surface area contributed by atoms with E-state index in [1.165, 1.54) is 0 Å². The number of hydrogen-bond donors (Lipinski definition) is 1. The molecule has 0 saturated carbocycles. The molecule has 3 aromatic rings. The SMILES string of the molecule is Cc1cc2nc(N3CCCN(CCO)CC3)c3ccccc3n2n1. The van der Waals surface area contributed by atoms with Crippen molar-refractivity contribution in [2.45, 2.75) is 13.3 Å². The summed E-state index contributed by atoms with van der Waals surface area (Å²) in [5.74, 6) is 1.05. The van der Waals surface area contributed by atoms with Crippen molar-refractivity contribution in [1.29, 1.82) is 0 Å². The van der Waals surface area contributed by atoms with E-state index in [4.69, 9.17) is 4.98 Å². The normalized spacial score (nSPS) is 16.8. The van der Waals surface area contributed by atoms with Crippen LogP contribution in [0.3, 0.4) is 0 Å². The van der Waals surface area contributed by atoms with Crippen molar-refractivity contribution >= 4 is 22.4 Å². The number of benzene rings is 1. The number of para-hydroxylation sites is 1. The molecule has 4 rings (SSSR count). The van der Waals surface area contributed by atoms with E-state index in [1.54, 1.807) is 0 Å². The van der Waals surface area contributed by atoms with Crippen molar-refractivity contribution < 1.29 is 5.11 Å². The fourth-order valence-electron chi connectivity index (χ4n) is 3.55. The molecule has 24 heavy (non-hydrogen) atoms. The van der Waals surface area contributed by atoms with Crippen molar-refractivity contribution in [3.8, 4) is 0 Å². The first-order valence-electron chi connectivity index (χ1n) is 8.59. The van der Waals surface area contributed by atoms with Gasteiger partial charge in [-0.15, -0.1) is 0 Å². The molecule has 6 heteroatoms. The van der Waals surface area contributed by atoms with Crippen LogP contribution < -0.4 is 4.90 Å². The smallest absolute Gasteiger partial charge is 0.158 e. The van der Waals surface area contributed by atoms with Crippen LogP contribution in [0.2, 0.25) is 0 Å². The van der Waals surface area contributed by atoms with Gasteiger partial charge in [0.05, 0.1) is 17.8 Å². The second-order valence-corrected chi connectivity index (χ2v) is 6.41. The van der Waals surface area contributed by atoms with E-state index < -0.39 is 0 Å². The number of aromatic nitrogens is 3. The Bertz CT molecular complexity index is 859. The Morgan fingerprint density at radius 2 is 2.00 bits per heavy atom. The minimum absolute atomic E-state index is 0.224. The van der Waals surface area contributed by atoms with Gasteiger partial charge in [-0.3, -0.25) is 4.90 Å². The van der Waals surface area contributed by atoms with Crippen LogP contribution in [0.1, 0.15) is 12.1 Å². The monoisotopic (exact) mass is 325 g/mol. The lowest BCUT2D eigenvalue weighted by Gasteiger charge is -2.24. The topological polar surface area (TPSA) is 56.9 Å². The molecule has 1 N–H and O–H groups in total. The molecular weight excluding hydrogens is 302 g/mol. The molecule has 1 aliphatic heterocycles. The largest absolute Gasteiger partial charge is 0.395 e. The number of aliphatic hydroxyl groups excluding tert-OH is 1. The second kappa shape index (κ2) is 6.37. The fourth-order valence-corrected chi connectivity index (χ4v) is 3.55. The summed E-state index contributed by atoms with van der Waals surface area (Å²) < 4.78 is 1.93. The minimum atomic E-state index is 0.224. The molecule has 1 fully saturated rings. The molecule has 6 nitrogen and oxygen atoms in total. The molecule has 0 amide bonds. The molecular formula is C18H23N5O. The maximum absolute atomic E-state index is 9.18. The molecule has 1 aliphatic rings. The number of rotatable bonds is 3. The summed E-state index contributed by atoms with van der Waals surface area (Å²) in [5, 5.41) is 14.9. The average Bonchev–Trinajstić information content (AvgIpc) is 2.82. The number of hydrogen-bond acceptors (Lipinski definition) is 5. The van der Waals surface area contributed by atoms with Gasteiger partial charge in [0.25, 0.3) is 0 Å². The zero-order valence-electron chi connectivity index (χ0n) is 14.0. The minimum Gasteiger partial charge on any atom is -0.395 e. The van der Waals surface area contributed by atoms with Crippen LogP contribution in [0.4, 0.5) is 5.82 Å². The molecule has 0 atom stereocenters. The molecule has 2 aromatic heterocycles. The number of fused-ring (bicyclic) bond motifs is 3. The highest BCUT2D eigenvalue weighted by Gasteiger charge is 2.19. The summed E-state index contributed by atoms with van der Waals surface area (Å²) in [6.07, 6.45) is 1.08. The van der Waals surface area contributed by atoms with E-state index >= 15 is 0 Å². The van der Waals surface area contributed by atoms with E-state index in [0.717, 1.165) is 67.2 Å². The molecule has 0 bridgehead atoms. The Morgan fingerprint density at radius 1 is 1.12 bits per heavy atom. The van der Waals surface area contributed by atoms with E-state index in [-0.39, 0.29) is 6.61 Å². The third kappa shape index (κ3) is 2.72. The van der Waals surface area contributed by atoms with Gasteiger partial charge in [0.2, 0.25) is 0 Å². The van der Waals surface area contributed by atoms with Gasteiger partial charge in [0, 0.05) is 37.6 Å². The number of aryl methyl sites for hydroxylation is 1. The third-order valence-electron chi connectivity index (χ3n) is 4.71. The van der Waals surface area contributed by atoms with Gasteiger partial charge < -0.3 is 10.0 Å². The van der Waals surface area contributed by atoms with E-state index in [9.17, 15) is 5.11 Å². The van der Waals surface area contributed by atoms with Gasteiger partial charge in [0.1, 0.15) is 5.82 Å². The fraction of sp³-hybridized carbons (Fsp3) is 0.444. The number of aliphatic hydroxyl groups is 1. The molecule has 3 heterocycles. The first-order chi connectivity index (χ1) is 11.8. The van der Waals surface area contributed by atoms with Gasteiger partial charge in [-0.2, -0.15) is 5.10 Å². The summed E-state index contributed by atoms with van der Waals surface area (Å²) in [6, 6.07) is 10.4. The van der Waals surface area contributed by atoms with Gasteiger partial charge >= 0.3 is 0 Å². The van der Waals surface area contributed by atoms with Gasteiger partial charge in [-0.25, -0.2) is 9.50 Å². The predicted molar refractivity (Wildman–Crippen MR) is 95.6 cm³/mol. The van der Waals surface area contributed by atoms with E-state index in [2.05, 4.69) is 33.1 Å². The summed E-state index contributed by atoms with van der Waals surface area (Å²) in [6.45, 7) is 6.89. The third-order valence-corrected chi connectivity index (χ3v) is 4.71. The van der Waals surface area contributed by atoms with Crippen LogP contribution in [0.15, 0.2) is 30.3 Å². The molecule has 0 unspecified atom stereocenters. The molecule has 1 aromatic carbocycles. The highest BCUT2D eigenvalue weighted by atomic mass is 16.3. The maximum Gasteiger partial charge on any atom is 0.158 e. The Hall–Kier alpha value is -2.18. The van der Waals surface area contributed by atoms with Crippen LogP contribution >= 0.6 is 0 Å². The van der Waals surface area contributed by atoms with Crippen LogP contribution in [0.25, 0.3) is 16.6 Å². The molecule has 126 valence electrons. The predicted octanol–water partition coefficient (Wildman–Crippen LogP) is 1.70. The van der Waals surface area contributed by atoms with Gasteiger partial charge in [-0.1, -0.05) is 12.1 Å². The van der Waals surface area contributed by atoms with Gasteiger partial charge in [0.15, 0.2) is 5.65 Å². The Morgan fingerprint density at radius 3 is 2.88 bits per heavy atom. The van der Waals surface area contributed by atoms with E-state index in [1.807, 2.05) is 23.6 Å². The number of β-amino-alcohol motifs (C(OH)–C–C–N with tert-alkyl or cyclic N) is 1. The highest BCUT2D eigenvalue weighted by molar-refractivity contribution is 5.91. The van der Waals surface area contributed by atoms with Crippen molar-refractivity contribution in [3.63, 3.8) is 0 Å². The zero-order valence-corrected chi connectivity index (χ0v) is 14.0. The Kier molecular flexibility index (Phi) is 4.08. The Labute approximate surface area is 141 Å². The molecule has 0 radical (unpaired) electrons. The zero-order chi connectivity index (χ0) is 16.5. The second-order valence-electron chi connectivity index (χ2n) is 6.41. The summed E-state index contributed by atoms with van der Waals surface area (Å²) in [5.41, 5.74) is 2.98. The lowest BCUT2D eigenvalue weighted by Crippen LogP contribution is -2.32.